The normalized spacial score (nSPS) is 19.3. The van der Waals surface area contributed by atoms with Gasteiger partial charge in [0.05, 0.1) is 25.0 Å². The summed E-state index contributed by atoms with van der Waals surface area (Å²) in [5.41, 5.74) is 1.88. The summed E-state index contributed by atoms with van der Waals surface area (Å²) in [7, 11) is -1.90. The van der Waals surface area contributed by atoms with Crippen molar-refractivity contribution in [2.24, 2.45) is 0 Å². The third kappa shape index (κ3) is 4.79. The molecule has 0 aliphatic carbocycles. The smallest absolute Gasteiger partial charge is 0.325 e. The number of hydrogen-bond acceptors (Lipinski definition) is 5. The van der Waals surface area contributed by atoms with Gasteiger partial charge in [0.25, 0.3) is 0 Å². The summed E-state index contributed by atoms with van der Waals surface area (Å²) in [6, 6.07) is 7.08. The number of methoxy groups -OCH3 is 1. The number of nitrogens with zero attached hydrogens (tertiary/aromatic N) is 1. The van der Waals surface area contributed by atoms with Crippen molar-refractivity contribution in [1.29, 1.82) is 0 Å². The molecule has 1 atom stereocenters. The van der Waals surface area contributed by atoms with Crippen LogP contribution in [0.3, 0.4) is 0 Å². The van der Waals surface area contributed by atoms with Gasteiger partial charge < -0.3 is 9.64 Å². The van der Waals surface area contributed by atoms with E-state index in [-0.39, 0.29) is 30.4 Å². The van der Waals surface area contributed by atoms with E-state index < -0.39 is 21.8 Å². The number of esters is 1. The molecular weight excluding hydrogens is 318 g/mol. The van der Waals surface area contributed by atoms with Crippen LogP contribution in [0.25, 0.3) is 0 Å². The summed E-state index contributed by atoms with van der Waals surface area (Å²) in [6.45, 7) is 1.71. The van der Waals surface area contributed by atoms with Crippen LogP contribution in [0.15, 0.2) is 24.3 Å². The number of amides is 1. The van der Waals surface area contributed by atoms with Crippen molar-refractivity contribution < 1.29 is 22.7 Å². The lowest BCUT2D eigenvalue weighted by Gasteiger charge is -2.27. The highest BCUT2D eigenvalue weighted by Crippen LogP contribution is 2.19. The number of sulfone groups is 1. The third-order valence-electron chi connectivity index (χ3n) is 3.93. The Bertz CT molecular complexity index is 698. The van der Waals surface area contributed by atoms with Crippen molar-refractivity contribution in [1.82, 2.24) is 4.90 Å². The molecular formula is C16H21NO5S. The Morgan fingerprint density at radius 1 is 1.35 bits per heavy atom. The van der Waals surface area contributed by atoms with Gasteiger partial charge in [0.1, 0.15) is 6.54 Å². The number of hydrogen-bond donors (Lipinski definition) is 0. The van der Waals surface area contributed by atoms with Crippen molar-refractivity contribution in [2.75, 3.05) is 25.2 Å². The lowest BCUT2D eigenvalue weighted by atomic mass is 10.1. The molecule has 0 saturated carbocycles. The first-order valence-corrected chi connectivity index (χ1v) is 9.25. The number of carbonyl (C=O) groups excluding carboxylic acids is 2. The van der Waals surface area contributed by atoms with Gasteiger partial charge >= 0.3 is 5.97 Å². The maximum Gasteiger partial charge on any atom is 0.325 e. The van der Waals surface area contributed by atoms with E-state index in [0.29, 0.717) is 6.42 Å². The lowest BCUT2D eigenvalue weighted by Crippen LogP contribution is -2.45. The highest BCUT2D eigenvalue weighted by Gasteiger charge is 2.35. The van der Waals surface area contributed by atoms with Crippen LogP contribution in [0.4, 0.5) is 0 Å². The molecule has 2 rings (SSSR count). The molecule has 1 aliphatic rings. The maximum absolute atomic E-state index is 12.6. The largest absolute Gasteiger partial charge is 0.468 e. The fourth-order valence-corrected chi connectivity index (χ4v) is 4.47. The van der Waals surface area contributed by atoms with Gasteiger partial charge in [0, 0.05) is 6.04 Å². The molecule has 0 aromatic heterocycles. The molecule has 0 bridgehead atoms. The van der Waals surface area contributed by atoms with Crippen molar-refractivity contribution in [3.63, 3.8) is 0 Å². The van der Waals surface area contributed by atoms with Gasteiger partial charge in [-0.15, -0.1) is 0 Å². The van der Waals surface area contributed by atoms with E-state index in [1.165, 1.54) is 12.0 Å². The van der Waals surface area contributed by atoms with E-state index in [9.17, 15) is 18.0 Å². The number of rotatable bonds is 5. The van der Waals surface area contributed by atoms with E-state index >= 15 is 0 Å². The van der Waals surface area contributed by atoms with Gasteiger partial charge in [-0.1, -0.05) is 29.8 Å². The first kappa shape index (κ1) is 17.5. The topological polar surface area (TPSA) is 80.8 Å². The molecule has 0 unspecified atom stereocenters. The van der Waals surface area contributed by atoms with Gasteiger partial charge in [-0.25, -0.2) is 8.42 Å². The van der Waals surface area contributed by atoms with Crippen molar-refractivity contribution in [2.45, 2.75) is 25.8 Å². The second kappa shape index (κ2) is 7.12. The average Bonchev–Trinajstić information content (AvgIpc) is 2.84. The SMILES string of the molecule is COC(=O)CN(C(=O)Cc1cccc(C)c1)[C@@H]1CCS(=O)(=O)C1. The summed E-state index contributed by atoms with van der Waals surface area (Å²) in [4.78, 5) is 25.5. The van der Waals surface area contributed by atoms with E-state index in [1.807, 2.05) is 31.2 Å². The fraction of sp³-hybridized carbons (Fsp3) is 0.500. The maximum atomic E-state index is 12.6. The van der Waals surface area contributed by atoms with Gasteiger partial charge in [0.15, 0.2) is 9.84 Å². The molecule has 0 N–H and O–H groups in total. The Morgan fingerprint density at radius 2 is 2.09 bits per heavy atom. The highest BCUT2D eigenvalue weighted by atomic mass is 32.2. The number of benzene rings is 1. The molecule has 7 heteroatoms. The standard InChI is InChI=1S/C16H21NO5S/c1-12-4-3-5-13(8-12)9-15(18)17(10-16(19)22-2)14-6-7-23(20,21)11-14/h3-5,8,14H,6-7,9-11H2,1-2H3/t14-/m1/s1. The van der Waals surface area contributed by atoms with Gasteiger partial charge in [-0.2, -0.15) is 0 Å². The van der Waals surface area contributed by atoms with Gasteiger partial charge in [-0.3, -0.25) is 9.59 Å². The molecule has 23 heavy (non-hydrogen) atoms. The van der Waals surface area contributed by atoms with Crippen LogP contribution in [0.1, 0.15) is 17.5 Å². The van der Waals surface area contributed by atoms with Crippen LogP contribution in [-0.2, 0) is 30.6 Å². The Kier molecular flexibility index (Phi) is 5.41. The Balaban J connectivity index is 2.15. The van der Waals surface area contributed by atoms with Gasteiger partial charge in [-0.05, 0) is 18.9 Å². The fourth-order valence-electron chi connectivity index (χ4n) is 2.74. The first-order valence-electron chi connectivity index (χ1n) is 7.43. The van der Waals surface area contributed by atoms with Crippen LogP contribution >= 0.6 is 0 Å². The minimum atomic E-state index is -3.14. The first-order chi connectivity index (χ1) is 10.8. The zero-order chi connectivity index (χ0) is 17.0. The average molecular weight is 339 g/mol. The van der Waals surface area contributed by atoms with Crippen LogP contribution in [0.5, 0.6) is 0 Å². The van der Waals surface area contributed by atoms with Crippen LogP contribution in [0.2, 0.25) is 0 Å². The second-order valence-electron chi connectivity index (χ2n) is 5.82. The summed E-state index contributed by atoms with van der Waals surface area (Å²) in [5, 5.41) is 0. The van der Waals surface area contributed by atoms with Crippen LogP contribution in [0, 0.1) is 6.92 Å². The van der Waals surface area contributed by atoms with Crippen molar-refractivity contribution >= 4 is 21.7 Å². The molecule has 1 amide bonds. The molecule has 1 aromatic carbocycles. The molecule has 1 aliphatic heterocycles. The van der Waals surface area contributed by atoms with E-state index in [4.69, 9.17) is 0 Å². The molecule has 126 valence electrons. The minimum absolute atomic E-state index is 0.0487. The summed E-state index contributed by atoms with van der Waals surface area (Å²) in [6.07, 6.45) is 0.494. The van der Waals surface area contributed by atoms with E-state index in [0.717, 1.165) is 11.1 Å². The van der Waals surface area contributed by atoms with E-state index in [2.05, 4.69) is 4.74 Å². The van der Waals surface area contributed by atoms with Crippen molar-refractivity contribution in [3.8, 4) is 0 Å². The highest BCUT2D eigenvalue weighted by molar-refractivity contribution is 7.91. The molecule has 1 aromatic rings. The minimum Gasteiger partial charge on any atom is -0.468 e. The Morgan fingerprint density at radius 3 is 2.65 bits per heavy atom. The van der Waals surface area contributed by atoms with E-state index in [1.54, 1.807) is 0 Å². The Labute approximate surface area is 136 Å². The summed E-state index contributed by atoms with van der Waals surface area (Å²) < 4.78 is 28.0. The monoisotopic (exact) mass is 339 g/mol. The zero-order valence-electron chi connectivity index (χ0n) is 13.3. The molecule has 6 nitrogen and oxygen atoms in total. The quantitative estimate of drug-likeness (QED) is 0.739. The van der Waals surface area contributed by atoms with Crippen LogP contribution in [-0.4, -0.2) is 56.4 Å². The summed E-state index contributed by atoms with van der Waals surface area (Å²) >= 11 is 0. The number of aryl methyl sites for hydroxylation is 1. The molecule has 1 fully saturated rings. The van der Waals surface area contributed by atoms with Gasteiger partial charge in [0.2, 0.25) is 5.91 Å². The lowest BCUT2D eigenvalue weighted by molar-refractivity contribution is -0.148. The number of carbonyl (C=O) groups is 2. The molecule has 0 radical (unpaired) electrons. The third-order valence-corrected chi connectivity index (χ3v) is 5.68. The Hall–Kier alpha value is -1.89. The molecule has 0 spiro atoms. The number of ether oxygens (including phenoxy) is 1. The van der Waals surface area contributed by atoms with Crippen molar-refractivity contribution in [3.05, 3.63) is 35.4 Å². The molecule has 1 heterocycles. The predicted octanol–water partition coefficient (Wildman–Crippen LogP) is 0.726. The molecule has 1 saturated heterocycles. The predicted molar refractivity (Wildman–Crippen MR) is 85.7 cm³/mol. The summed E-state index contributed by atoms with van der Waals surface area (Å²) in [5.74, 6) is -0.855. The van der Waals surface area contributed by atoms with Crippen LogP contribution < -0.4 is 0 Å². The second-order valence-corrected chi connectivity index (χ2v) is 8.05. The zero-order valence-corrected chi connectivity index (χ0v) is 14.1.